The van der Waals surface area contributed by atoms with Gasteiger partial charge in [0.15, 0.2) is 5.75 Å². The first-order valence-corrected chi connectivity index (χ1v) is 8.29. The molecule has 1 amide bonds. The summed E-state index contributed by atoms with van der Waals surface area (Å²) in [5, 5.41) is 14.3. The molecule has 3 N–H and O–H groups in total. The van der Waals surface area contributed by atoms with Gasteiger partial charge in [0.25, 0.3) is 5.91 Å². The highest BCUT2D eigenvalue weighted by Gasteiger charge is 2.37. The average molecular weight is 354 g/mol. The van der Waals surface area contributed by atoms with Gasteiger partial charge in [-0.3, -0.25) is 14.9 Å². The highest BCUT2D eigenvalue weighted by molar-refractivity contribution is 6.03. The van der Waals surface area contributed by atoms with Crippen LogP contribution in [0.5, 0.6) is 5.75 Å². The summed E-state index contributed by atoms with van der Waals surface area (Å²) in [5.41, 5.74) is 9.04. The third kappa shape index (κ3) is 2.38. The molecule has 0 saturated heterocycles. The average Bonchev–Trinajstić information content (AvgIpc) is 2.65. The Morgan fingerprint density at radius 2 is 2.15 bits per heavy atom. The van der Waals surface area contributed by atoms with E-state index in [1.807, 2.05) is 12.1 Å². The Balaban J connectivity index is 1.83. The fourth-order valence-electron chi connectivity index (χ4n) is 3.73. The molecule has 2 heterocycles. The van der Waals surface area contributed by atoms with E-state index in [1.54, 1.807) is 18.2 Å². The minimum absolute atomic E-state index is 0.127. The smallest absolute Gasteiger partial charge is 0.311 e. The van der Waals surface area contributed by atoms with Crippen LogP contribution in [0.1, 0.15) is 40.1 Å². The topological polar surface area (TPSA) is 111 Å². The molecule has 0 aromatic heterocycles. The van der Waals surface area contributed by atoms with E-state index in [-0.39, 0.29) is 23.4 Å². The summed E-state index contributed by atoms with van der Waals surface area (Å²) in [7, 11) is 1.39. The number of nitro benzene ring substituents is 1. The molecule has 4 rings (SSSR count). The first-order valence-electron chi connectivity index (χ1n) is 8.29. The third-order valence-corrected chi connectivity index (χ3v) is 4.97. The summed E-state index contributed by atoms with van der Waals surface area (Å²) in [4.78, 5) is 25.5. The van der Waals surface area contributed by atoms with Gasteiger partial charge in [0, 0.05) is 24.2 Å². The highest BCUT2D eigenvalue weighted by atomic mass is 16.6. The molecule has 2 atom stereocenters. The fourth-order valence-corrected chi connectivity index (χ4v) is 3.73. The van der Waals surface area contributed by atoms with Gasteiger partial charge in [-0.25, -0.2) is 0 Å². The molecule has 0 radical (unpaired) electrons. The SMILES string of the molecule is COc1ccc([C@@H]2NC(=O)c3cccc4c3N2CC[C@@H]4N)cc1[N+](=O)[O-]. The maximum absolute atomic E-state index is 12.6. The number of hydrogen-bond acceptors (Lipinski definition) is 6. The number of para-hydroxylation sites is 1. The normalized spacial score (nSPS) is 21.0. The number of ether oxygens (including phenoxy) is 1. The van der Waals surface area contributed by atoms with E-state index in [0.717, 1.165) is 17.7 Å². The Morgan fingerprint density at radius 3 is 2.88 bits per heavy atom. The molecule has 2 aromatic carbocycles. The lowest BCUT2D eigenvalue weighted by Crippen LogP contribution is -2.49. The number of amides is 1. The number of anilines is 1. The van der Waals surface area contributed by atoms with Crippen molar-refractivity contribution in [3.05, 3.63) is 63.2 Å². The third-order valence-electron chi connectivity index (χ3n) is 4.97. The minimum Gasteiger partial charge on any atom is -0.490 e. The van der Waals surface area contributed by atoms with E-state index in [4.69, 9.17) is 10.5 Å². The second kappa shape index (κ2) is 5.99. The zero-order valence-corrected chi connectivity index (χ0v) is 14.1. The van der Waals surface area contributed by atoms with Gasteiger partial charge >= 0.3 is 5.69 Å². The monoisotopic (exact) mass is 354 g/mol. The molecule has 134 valence electrons. The van der Waals surface area contributed by atoms with Crippen molar-refractivity contribution < 1.29 is 14.5 Å². The molecule has 0 saturated carbocycles. The predicted octanol–water partition coefficient (Wildman–Crippen LogP) is 2.26. The van der Waals surface area contributed by atoms with E-state index in [9.17, 15) is 14.9 Å². The van der Waals surface area contributed by atoms with Crippen molar-refractivity contribution >= 4 is 17.3 Å². The largest absolute Gasteiger partial charge is 0.490 e. The van der Waals surface area contributed by atoms with Crippen molar-refractivity contribution in [1.29, 1.82) is 0 Å². The van der Waals surface area contributed by atoms with Crippen LogP contribution in [0.15, 0.2) is 36.4 Å². The van der Waals surface area contributed by atoms with Gasteiger partial charge in [0.05, 0.1) is 23.3 Å². The van der Waals surface area contributed by atoms with E-state index in [0.29, 0.717) is 17.7 Å². The molecule has 2 aliphatic heterocycles. The predicted molar refractivity (Wildman–Crippen MR) is 95.2 cm³/mol. The molecular formula is C18H18N4O4. The Kier molecular flexibility index (Phi) is 3.77. The van der Waals surface area contributed by atoms with Crippen LogP contribution in [-0.2, 0) is 0 Å². The summed E-state index contributed by atoms with van der Waals surface area (Å²) >= 11 is 0. The van der Waals surface area contributed by atoms with E-state index < -0.39 is 11.1 Å². The quantitative estimate of drug-likeness (QED) is 0.646. The van der Waals surface area contributed by atoms with Gasteiger partial charge in [-0.1, -0.05) is 18.2 Å². The molecule has 0 bridgehead atoms. The van der Waals surface area contributed by atoms with Gasteiger partial charge in [-0.15, -0.1) is 0 Å². The van der Waals surface area contributed by atoms with E-state index in [1.165, 1.54) is 13.2 Å². The number of carbonyl (C=O) groups excluding carboxylic acids is 1. The molecule has 2 aromatic rings. The van der Waals surface area contributed by atoms with Crippen LogP contribution < -0.4 is 20.7 Å². The maximum atomic E-state index is 12.6. The Labute approximate surface area is 149 Å². The van der Waals surface area contributed by atoms with Crippen LogP contribution in [0.4, 0.5) is 11.4 Å². The summed E-state index contributed by atoms with van der Waals surface area (Å²) in [5.74, 6) is -0.0293. The minimum atomic E-state index is -0.492. The van der Waals surface area contributed by atoms with Crippen LogP contribution in [0.3, 0.4) is 0 Å². The molecular weight excluding hydrogens is 336 g/mol. The lowest BCUT2D eigenvalue weighted by atomic mass is 9.90. The number of rotatable bonds is 3. The summed E-state index contributed by atoms with van der Waals surface area (Å²) < 4.78 is 5.06. The number of nitrogens with one attached hydrogen (secondary N) is 1. The Morgan fingerprint density at radius 1 is 1.35 bits per heavy atom. The van der Waals surface area contributed by atoms with Crippen LogP contribution in [-0.4, -0.2) is 24.5 Å². The number of carbonyl (C=O) groups is 1. The molecule has 8 heteroatoms. The van der Waals surface area contributed by atoms with E-state index in [2.05, 4.69) is 10.2 Å². The van der Waals surface area contributed by atoms with Crippen LogP contribution in [0.2, 0.25) is 0 Å². The molecule has 8 nitrogen and oxygen atoms in total. The molecule has 26 heavy (non-hydrogen) atoms. The molecule has 0 aliphatic carbocycles. The van der Waals surface area contributed by atoms with Crippen LogP contribution in [0.25, 0.3) is 0 Å². The van der Waals surface area contributed by atoms with Crippen molar-refractivity contribution in [2.24, 2.45) is 5.73 Å². The Hall–Kier alpha value is -3.13. The second-order valence-electron chi connectivity index (χ2n) is 6.40. The van der Waals surface area contributed by atoms with E-state index >= 15 is 0 Å². The van der Waals surface area contributed by atoms with Crippen molar-refractivity contribution in [3.63, 3.8) is 0 Å². The van der Waals surface area contributed by atoms with Crippen LogP contribution in [0, 0.1) is 10.1 Å². The standard InChI is InChI=1S/C18H18N4O4/c1-26-15-6-5-10(9-14(15)22(24)25)17-20-18(23)12-4-2-3-11-13(19)7-8-21(17)16(11)12/h2-6,9,13,17H,7-8,19H2,1H3,(H,20,23)/t13-,17+/m0/s1. The highest BCUT2D eigenvalue weighted by Crippen LogP contribution is 2.43. The zero-order chi connectivity index (χ0) is 18.4. The van der Waals surface area contributed by atoms with Gasteiger partial charge in [0.1, 0.15) is 6.17 Å². The number of nitrogens with zero attached hydrogens (tertiary/aromatic N) is 2. The van der Waals surface area contributed by atoms with Crippen LogP contribution >= 0.6 is 0 Å². The molecule has 0 fully saturated rings. The lowest BCUT2D eigenvalue weighted by molar-refractivity contribution is -0.385. The van der Waals surface area contributed by atoms with Gasteiger partial charge in [0.2, 0.25) is 0 Å². The number of benzene rings is 2. The van der Waals surface area contributed by atoms with Gasteiger partial charge in [-0.2, -0.15) is 0 Å². The lowest BCUT2D eigenvalue weighted by Gasteiger charge is -2.44. The van der Waals surface area contributed by atoms with Crippen molar-refractivity contribution in [3.8, 4) is 5.75 Å². The molecule has 0 unspecified atom stereocenters. The van der Waals surface area contributed by atoms with Gasteiger partial charge < -0.3 is 20.7 Å². The number of methoxy groups -OCH3 is 1. The summed E-state index contributed by atoms with van der Waals surface area (Å²) in [6.45, 7) is 0.649. The number of hydrogen-bond donors (Lipinski definition) is 2. The molecule has 2 aliphatic rings. The summed E-state index contributed by atoms with van der Waals surface area (Å²) in [6.07, 6.45) is 0.245. The number of nitro groups is 1. The fraction of sp³-hybridized carbons (Fsp3) is 0.278. The van der Waals surface area contributed by atoms with Crippen molar-refractivity contribution in [2.75, 3.05) is 18.6 Å². The molecule has 0 spiro atoms. The number of nitrogens with two attached hydrogens (primary N) is 1. The first-order chi connectivity index (χ1) is 12.5. The van der Waals surface area contributed by atoms with Gasteiger partial charge in [-0.05, 0) is 24.1 Å². The Bertz CT molecular complexity index is 914. The van der Waals surface area contributed by atoms with Crippen molar-refractivity contribution in [2.45, 2.75) is 18.6 Å². The summed E-state index contributed by atoms with van der Waals surface area (Å²) in [6, 6.07) is 10.1. The maximum Gasteiger partial charge on any atom is 0.311 e. The zero-order valence-electron chi connectivity index (χ0n) is 14.1. The first kappa shape index (κ1) is 16.3. The second-order valence-corrected chi connectivity index (χ2v) is 6.40. The van der Waals surface area contributed by atoms with Crippen molar-refractivity contribution in [1.82, 2.24) is 5.32 Å².